The van der Waals surface area contributed by atoms with Gasteiger partial charge in [-0.3, -0.25) is 4.90 Å². The number of nitrogens with zero attached hydrogens (tertiary/aromatic N) is 2. The molecular formula is C13H26N2. The van der Waals surface area contributed by atoms with Crippen molar-refractivity contribution < 1.29 is 0 Å². The van der Waals surface area contributed by atoms with Gasteiger partial charge in [-0.2, -0.15) is 0 Å². The molecule has 88 valence electrons. The van der Waals surface area contributed by atoms with Crippen LogP contribution in [0.2, 0.25) is 0 Å². The van der Waals surface area contributed by atoms with E-state index in [1.54, 1.807) is 0 Å². The zero-order valence-electron chi connectivity index (χ0n) is 10.4. The van der Waals surface area contributed by atoms with E-state index in [-0.39, 0.29) is 0 Å². The molecule has 0 amide bonds. The summed E-state index contributed by atoms with van der Waals surface area (Å²) >= 11 is 0. The number of piperazine rings is 1. The summed E-state index contributed by atoms with van der Waals surface area (Å²) in [6, 6.07) is 0.832. The molecule has 2 nitrogen and oxygen atoms in total. The number of rotatable bonds is 2. The maximum atomic E-state index is 2.72. The maximum absolute atomic E-state index is 2.72. The van der Waals surface area contributed by atoms with Gasteiger partial charge in [-0.15, -0.1) is 0 Å². The second-order valence-electron chi connectivity index (χ2n) is 5.48. The Kier molecular flexibility index (Phi) is 4.04. The molecule has 1 aliphatic heterocycles. The largest absolute Gasteiger partial charge is 0.304 e. The SMILES string of the molecule is CC(C1CCCCC1)N1CCN(C)CC1. The van der Waals surface area contributed by atoms with Crippen LogP contribution in [0.3, 0.4) is 0 Å². The maximum Gasteiger partial charge on any atom is 0.0113 e. The minimum atomic E-state index is 0.832. The van der Waals surface area contributed by atoms with Crippen LogP contribution in [0.1, 0.15) is 39.0 Å². The third-order valence-corrected chi connectivity index (χ3v) is 4.45. The van der Waals surface area contributed by atoms with Gasteiger partial charge in [0, 0.05) is 32.2 Å². The molecule has 2 aliphatic rings. The van der Waals surface area contributed by atoms with Crippen LogP contribution in [0, 0.1) is 5.92 Å². The highest BCUT2D eigenvalue weighted by Crippen LogP contribution is 2.29. The molecule has 1 saturated carbocycles. The van der Waals surface area contributed by atoms with Gasteiger partial charge in [0.25, 0.3) is 0 Å². The molecule has 0 aromatic heterocycles. The number of likely N-dealkylation sites (N-methyl/N-ethyl adjacent to an activating group) is 1. The lowest BCUT2D eigenvalue weighted by molar-refractivity contribution is 0.0770. The summed E-state index contributed by atoms with van der Waals surface area (Å²) < 4.78 is 0. The van der Waals surface area contributed by atoms with E-state index < -0.39 is 0 Å². The Balaban J connectivity index is 1.81. The van der Waals surface area contributed by atoms with Gasteiger partial charge in [-0.05, 0) is 32.7 Å². The zero-order valence-corrected chi connectivity index (χ0v) is 10.4. The van der Waals surface area contributed by atoms with E-state index in [4.69, 9.17) is 0 Å². The highest BCUT2D eigenvalue weighted by atomic mass is 15.3. The Bertz CT molecular complexity index is 179. The van der Waals surface area contributed by atoms with Gasteiger partial charge in [0.15, 0.2) is 0 Å². The lowest BCUT2D eigenvalue weighted by Gasteiger charge is -2.41. The predicted octanol–water partition coefficient (Wildman–Crippen LogP) is 2.20. The van der Waals surface area contributed by atoms with Crippen molar-refractivity contribution in [2.45, 2.75) is 45.1 Å². The topological polar surface area (TPSA) is 6.48 Å². The van der Waals surface area contributed by atoms with Crippen molar-refractivity contribution in [3.8, 4) is 0 Å². The van der Waals surface area contributed by atoms with Gasteiger partial charge >= 0.3 is 0 Å². The van der Waals surface area contributed by atoms with Crippen LogP contribution in [-0.2, 0) is 0 Å². The number of hydrogen-bond donors (Lipinski definition) is 0. The molecule has 1 aliphatic carbocycles. The van der Waals surface area contributed by atoms with Crippen molar-refractivity contribution in [3.63, 3.8) is 0 Å². The zero-order chi connectivity index (χ0) is 10.7. The van der Waals surface area contributed by atoms with Gasteiger partial charge in [-0.25, -0.2) is 0 Å². The molecule has 0 bridgehead atoms. The lowest BCUT2D eigenvalue weighted by Crippen LogP contribution is -2.50. The predicted molar refractivity (Wildman–Crippen MR) is 65.1 cm³/mol. The fraction of sp³-hybridized carbons (Fsp3) is 1.00. The molecule has 0 aromatic carbocycles. The average Bonchev–Trinajstić information content (AvgIpc) is 2.30. The quantitative estimate of drug-likeness (QED) is 0.689. The van der Waals surface area contributed by atoms with Crippen LogP contribution in [-0.4, -0.2) is 49.1 Å². The van der Waals surface area contributed by atoms with E-state index in [0.717, 1.165) is 12.0 Å². The van der Waals surface area contributed by atoms with Crippen molar-refractivity contribution in [1.82, 2.24) is 9.80 Å². The standard InChI is InChI=1S/C13H26N2/c1-12(13-6-4-3-5-7-13)15-10-8-14(2)9-11-15/h12-13H,3-11H2,1-2H3. The van der Waals surface area contributed by atoms with Crippen LogP contribution in [0.5, 0.6) is 0 Å². The summed E-state index contributed by atoms with van der Waals surface area (Å²) in [5.74, 6) is 0.988. The van der Waals surface area contributed by atoms with Crippen molar-refractivity contribution in [2.75, 3.05) is 33.2 Å². The first-order chi connectivity index (χ1) is 7.27. The van der Waals surface area contributed by atoms with Crippen molar-refractivity contribution in [2.24, 2.45) is 5.92 Å². The van der Waals surface area contributed by atoms with Gasteiger partial charge < -0.3 is 4.90 Å². The Morgan fingerprint density at radius 1 is 0.933 bits per heavy atom. The van der Waals surface area contributed by atoms with E-state index in [0.29, 0.717) is 0 Å². The molecule has 2 rings (SSSR count). The molecule has 2 fully saturated rings. The Morgan fingerprint density at radius 2 is 1.53 bits per heavy atom. The summed E-state index contributed by atoms with van der Waals surface area (Å²) in [5, 5.41) is 0. The molecule has 0 spiro atoms. The molecule has 1 atom stereocenters. The van der Waals surface area contributed by atoms with Crippen LogP contribution in [0.4, 0.5) is 0 Å². The third kappa shape index (κ3) is 2.94. The second kappa shape index (κ2) is 5.31. The Hall–Kier alpha value is -0.0800. The fourth-order valence-corrected chi connectivity index (χ4v) is 3.14. The minimum Gasteiger partial charge on any atom is -0.304 e. The number of hydrogen-bond acceptors (Lipinski definition) is 2. The van der Waals surface area contributed by atoms with Crippen LogP contribution < -0.4 is 0 Å². The fourth-order valence-electron chi connectivity index (χ4n) is 3.14. The van der Waals surface area contributed by atoms with Crippen LogP contribution in [0.15, 0.2) is 0 Å². The summed E-state index contributed by atoms with van der Waals surface area (Å²) in [6.07, 6.45) is 7.39. The van der Waals surface area contributed by atoms with E-state index in [9.17, 15) is 0 Å². The summed E-state index contributed by atoms with van der Waals surface area (Å²) in [5.41, 5.74) is 0. The van der Waals surface area contributed by atoms with E-state index in [2.05, 4.69) is 23.8 Å². The van der Waals surface area contributed by atoms with Crippen LogP contribution >= 0.6 is 0 Å². The normalized spacial score (nSPS) is 29.2. The first kappa shape index (κ1) is 11.4. The highest BCUT2D eigenvalue weighted by molar-refractivity contribution is 4.81. The molecule has 15 heavy (non-hydrogen) atoms. The van der Waals surface area contributed by atoms with Gasteiger partial charge in [-0.1, -0.05) is 19.3 Å². The van der Waals surface area contributed by atoms with Crippen molar-refractivity contribution in [3.05, 3.63) is 0 Å². The lowest BCUT2D eigenvalue weighted by atomic mass is 9.84. The minimum absolute atomic E-state index is 0.832. The molecular weight excluding hydrogens is 184 g/mol. The molecule has 1 heterocycles. The molecule has 0 radical (unpaired) electrons. The summed E-state index contributed by atoms with van der Waals surface area (Å²) in [6.45, 7) is 7.55. The van der Waals surface area contributed by atoms with E-state index in [1.807, 2.05) is 0 Å². The molecule has 1 unspecified atom stereocenters. The smallest absolute Gasteiger partial charge is 0.0113 e. The molecule has 0 N–H and O–H groups in total. The molecule has 2 heteroatoms. The Morgan fingerprint density at radius 3 is 2.13 bits per heavy atom. The van der Waals surface area contributed by atoms with Gasteiger partial charge in [0.1, 0.15) is 0 Å². The van der Waals surface area contributed by atoms with Gasteiger partial charge in [0.05, 0.1) is 0 Å². The van der Waals surface area contributed by atoms with Crippen LogP contribution in [0.25, 0.3) is 0 Å². The highest BCUT2D eigenvalue weighted by Gasteiger charge is 2.26. The third-order valence-electron chi connectivity index (χ3n) is 4.45. The molecule has 1 saturated heterocycles. The second-order valence-corrected chi connectivity index (χ2v) is 5.48. The first-order valence-electron chi connectivity index (χ1n) is 6.70. The summed E-state index contributed by atoms with van der Waals surface area (Å²) in [7, 11) is 2.24. The first-order valence-corrected chi connectivity index (χ1v) is 6.70. The monoisotopic (exact) mass is 210 g/mol. The Labute approximate surface area is 94.6 Å². The summed E-state index contributed by atoms with van der Waals surface area (Å²) in [4.78, 5) is 5.17. The van der Waals surface area contributed by atoms with E-state index in [1.165, 1.54) is 58.3 Å². The van der Waals surface area contributed by atoms with Crippen molar-refractivity contribution in [1.29, 1.82) is 0 Å². The van der Waals surface area contributed by atoms with E-state index >= 15 is 0 Å². The molecule has 0 aromatic rings. The van der Waals surface area contributed by atoms with Gasteiger partial charge in [0.2, 0.25) is 0 Å². The average molecular weight is 210 g/mol. The van der Waals surface area contributed by atoms with Crippen molar-refractivity contribution >= 4 is 0 Å².